The van der Waals surface area contributed by atoms with Crippen molar-refractivity contribution in [3.05, 3.63) is 72.1 Å². The molecule has 2 aromatic carbocycles. The van der Waals surface area contributed by atoms with E-state index in [0.717, 1.165) is 54.0 Å². The summed E-state index contributed by atoms with van der Waals surface area (Å²) in [6.45, 7) is 4.57. The minimum absolute atomic E-state index is 0.756. The molecule has 0 amide bonds. The average molecular weight is 358 g/mol. The van der Waals surface area contributed by atoms with Gasteiger partial charge in [0, 0.05) is 36.6 Å². The number of para-hydroxylation sites is 1. The van der Waals surface area contributed by atoms with Crippen LogP contribution in [0.1, 0.15) is 17.5 Å². The van der Waals surface area contributed by atoms with Crippen LogP contribution in [0.15, 0.2) is 60.9 Å². The average Bonchev–Trinajstić information content (AvgIpc) is 3.11. The van der Waals surface area contributed by atoms with E-state index >= 15 is 0 Å². The van der Waals surface area contributed by atoms with Crippen molar-refractivity contribution in [2.45, 2.75) is 26.4 Å². The van der Waals surface area contributed by atoms with Gasteiger partial charge in [0.2, 0.25) is 0 Å². The zero-order valence-electron chi connectivity index (χ0n) is 15.3. The first-order chi connectivity index (χ1) is 13.3. The predicted molar refractivity (Wildman–Crippen MR) is 106 cm³/mol. The lowest BCUT2D eigenvalue weighted by atomic mass is 10.1. The fraction of sp³-hybridized carbons (Fsp3) is 0.238. The molecule has 1 N–H and O–H groups in total. The van der Waals surface area contributed by atoms with E-state index < -0.39 is 0 Å². The third kappa shape index (κ3) is 4.17. The molecule has 0 aliphatic carbocycles. The summed E-state index contributed by atoms with van der Waals surface area (Å²) in [5, 5.41) is 11.8. The second kappa shape index (κ2) is 8.05. The molecule has 136 valence electrons. The highest BCUT2D eigenvalue weighted by molar-refractivity contribution is 5.73. The normalized spacial score (nSPS) is 11.1. The lowest BCUT2D eigenvalue weighted by Gasteiger charge is -2.06. The summed E-state index contributed by atoms with van der Waals surface area (Å²) in [6, 6.07) is 16.3. The van der Waals surface area contributed by atoms with Crippen LogP contribution in [-0.4, -0.2) is 31.5 Å². The summed E-state index contributed by atoms with van der Waals surface area (Å²) in [4.78, 5) is 8.98. The second-order valence-corrected chi connectivity index (χ2v) is 6.62. The summed E-state index contributed by atoms with van der Waals surface area (Å²) in [6.07, 6.45) is 4.76. The maximum atomic E-state index is 4.49. The van der Waals surface area contributed by atoms with Crippen molar-refractivity contribution in [1.29, 1.82) is 0 Å². The SMILES string of the molecule is Cc1cccc(-c2ncc(CNCCCn3nnc4ccccc43)cn2)c1. The van der Waals surface area contributed by atoms with E-state index in [9.17, 15) is 0 Å². The Kier molecular flexibility index (Phi) is 5.16. The Hall–Kier alpha value is -3.12. The smallest absolute Gasteiger partial charge is 0.159 e. The van der Waals surface area contributed by atoms with E-state index in [1.807, 2.05) is 47.4 Å². The van der Waals surface area contributed by atoms with Gasteiger partial charge in [-0.2, -0.15) is 0 Å². The zero-order valence-corrected chi connectivity index (χ0v) is 15.3. The molecule has 6 heteroatoms. The summed E-state index contributed by atoms with van der Waals surface area (Å²) >= 11 is 0. The third-order valence-electron chi connectivity index (χ3n) is 4.45. The number of hydrogen-bond acceptors (Lipinski definition) is 5. The van der Waals surface area contributed by atoms with Gasteiger partial charge in [0.15, 0.2) is 5.82 Å². The number of nitrogens with zero attached hydrogens (tertiary/aromatic N) is 5. The highest BCUT2D eigenvalue weighted by Crippen LogP contribution is 2.15. The number of aromatic nitrogens is 5. The Morgan fingerprint density at radius 2 is 1.85 bits per heavy atom. The standard InChI is InChI=1S/C21H22N6/c1-16-6-4-7-18(12-16)21-23-14-17(15-24-21)13-22-10-5-11-27-20-9-3-2-8-19(20)25-26-27/h2-4,6-9,12,14-15,22H,5,10-11,13H2,1H3. The summed E-state index contributed by atoms with van der Waals surface area (Å²) in [7, 11) is 0. The monoisotopic (exact) mass is 358 g/mol. The molecule has 0 bridgehead atoms. The van der Waals surface area contributed by atoms with Crippen LogP contribution in [0.3, 0.4) is 0 Å². The lowest BCUT2D eigenvalue weighted by molar-refractivity contribution is 0.541. The summed E-state index contributed by atoms with van der Waals surface area (Å²) in [5.74, 6) is 0.764. The quantitative estimate of drug-likeness (QED) is 0.513. The topological polar surface area (TPSA) is 68.5 Å². The van der Waals surface area contributed by atoms with Gasteiger partial charge in [-0.3, -0.25) is 0 Å². The van der Waals surface area contributed by atoms with Crippen LogP contribution in [0, 0.1) is 6.92 Å². The summed E-state index contributed by atoms with van der Waals surface area (Å²) in [5.41, 5.74) is 5.36. The molecule has 2 heterocycles. The molecule has 0 atom stereocenters. The van der Waals surface area contributed by atoms with Crippen molar-refractivity contribution < 1.29 is 0 Å². The highest BCUT2D eigenvalue weighted by atomic mass is 15.4. The van der Waals surface area contributed by atoms with Crippen LogP contribution in [0.5, 0.6) is 0 Å². The van der Waals surface area contributed by atoms with Crippen molar-refractivity contribution >= 4 is 11.0 Å². The van der Waals surface area contributed by atoms with E-state index in [1.165, 1.54) is 5.56 Å². The Morgan fingerprint density at radius 1 is 1.00 bits per heavy atom. The van der Waals surface area contributed by atoms with Crippen molar-refractivity contribution in [3.8, 4) is 11.4 Å². The predicted octanol–water partition coefficient (Wildman–Crippen LogP) is 3.38. The van der Waals surface area contributed by atoms with Crippen LogP contribution in [0.25, 0.3) is 22.4 Å². The molecule has 27 heavy (non-hydrogen) atoms. The van der Waals surface area contributed by atoms with Crippen LogP contribution >= 0.6 is 0 Å². The number of hydrogen-bond donors (Lipinski definition) is 1. The third-order valence-corrected chi connectivity index (χ3v) is 4.45. The van der Waals surface area contributed by atoms with Crippen molar-refractivity contribution in [2.24, 2.45) is 0 Å². The van der Waals surface area contributed by atoms with Gasteiger partial charge in [0.1, 0.15) is 5.52 Å². The first-order valence-electron chi connectivity index (χ1n) is 9.16. The van der Waals surface area contributed by atoms with Gasteiger partial charge < -0.3 is 5.32 Å². The van der Waals surface area contributed by atoms with Gasteiger partial charge in [-0.25, -0.2) is 14.6 Å². The van der Waals surface area contributed by atoms with Gasteiger partial charge in [-0.1, -0.05) is 41.1 Å². The molecule has 0 saturated heterocycles. The maximum absolute atomic E-state index is 4.49. The molecule has 2 aromatic heterocycles. The highest BCUT2D eigenvalue weighted by Gasteiger charge is 2.04. The van der Waals surface area contributed by atoms with Gasteiger partial charge >= 0.3 is 0 Å². The molecule has 0 radical (unpaired) electrons. The minimum Gasteiger partial charge on any atom is -0.312 e. The molecule has 6 nitrogen and oxygen atoms in total. The van der Waals surface area contributed by atoms with Crippen LogP contribution in [-0.2, 0) is 13.1 Å². The van der Waals surface area contributed by atoms with Crippen LogP contribution in [0.4, 0.5) is 0 Å². The first-order valence-corrected chi connectivity index (χ1v) is 9.16. The molecule has 0 aliphatic heterocycles. The van der Waals surface area contributed by atoms with E-state index in [0.29, 0.717) is 0 Å². The Morgan fingerprint density at radius 3 is 2.70 bits per heavy atom. The molecular weight excluding hydrogens is 336 g/mol. The van der Waals surface area contributed by atoms with E-state index in [2.05, 4.69) is 50.7 Å². The first kappa shape index (κ1) is 17.3. The molecule has 0 saturated carbocycles. The number of rotatable bonds is 7. The fourth-order valence-electron chi connectivity index (χ4n) is 3.05. The number of nitrogens with one attached hydrogen (secondary N) is 1. The van der Waals surface area contributed by atoms with E-state index in [-0.39, 0.29) is 0 Å². The van der Waals surface area contributed by atoms with Crippen molar-refractivity contribution in [1.82, 2.24) is 30.3 Å². The molecular formula is C21H22N6. The van der Waals surface area contributed by atoms with Crippen molar-refractivity contribution in [3.63, 3.8) is 0 Å². The fourth-order valence-corrected chi connectivity index (χ4v) is 3.05. The Labute approximate surface area is 158 Å². The molecule has 4 rings (SSSR count). The van der Waals surface area contributed by atoms with Crippen LogP contribution < -0.4 is 5.32 Å². The van der Waals surface area contributed by atoms with Crippen LogP contribution in [0.2, 0.25) is 0 Å². The number of fused-ring (bicyclic) bond motifs is 1. The minimum atomic E-state index is 0.756. The number of aryl methyl sites for hydroxylation is 2. The van der Waals surface area contributed by atoms with E-state index in [1.54, 1.807) is 0 Å². The Bertz CT molecular complexity index is 1020. The molecule has 4 aromatic rings. The zero-order chi connectivity index (χ0) is 18.5. The van der Waals surface area contributed by atoms with Crippen molar-refractivity contribution in [2.75, 3.05) is 6.54 Å². The van der Waals surface area contributed by atoms with E-state index in [4.69, 9.17) is 0 Å². The molecule has 0 spiro atoms. The Balaban J connectivity index is 1.26. The van der Waals surface area contributed by atoms with Gasteiger partial charge in [0.05, 0.1) is 5.52 Å². The molecule has 0 aliphatic rings. The maximum Gasteiger partial charge on any atom is 0.159 e. The lowest BCUT2D eigenvalue weighted by Crippen LogP contribution is -2.17. The molecule has 0 fully saturated rings. The van der Waals surface area contributed by atoms with Gasteiger partial charge in [-0.05, 0) is 38.1 Å². The van der Waals surface area contributed by atoms with Gasteiger partial charge in [-0.15, -0.1) is 5.10 Å². The van der Waals surface area contributed by atoms with Gasteiger partial charge in [0.25, 0.3) is 0 Å². The number of benzene rings is 2. The molecule has 0 unspecified atom stereocenters. The summed E-state index contributed by atoms with van der Waals surface area (Å²) < 4.78 is 1.96. The largest absolute Gasteiger partial charge is 0.312 e. The second-order valence-electron chi connectivity index (χ2n) is 6.62.